The minimum atomic E-state index is 0.464. The lowest BCUT2D eigenvalue weighted by Crippen LogP contribution is -2.30. The molecule has 5 nitrogen and oxygen atoms in total. The van der Waals surface area contributed by atoms with E-state index in [1.54, 1.807) is 12.4 Å². The SMILES string of the molecule is CN1CCC(CCNc2cnc(N)cn2)CC1. The van der Waals surface area contributed by atoms with Gasteiger partial charge in [0.15, 0.2) is 0 Å². The topological polar surface area (TPSA) is 67.1 Å². The van der Waals surface area contributed by atoms with Gasteiger partial charge in [0.2, 0.25) is 0 Å². The van der Waals surface area contributed by atoms with E-state index in [1.807, 2.05) is 0 Å². The van der Waals surface area contributed by atoms with E-state index in [9.17, 15) is 0 Å². The predicted octanol–water partition coefficient (Wildman–Crippen LogP) is 1.20. The van der Waals surface area contributed by atoms with Crippen molar-refractivity contribution in [3.8, 4) is 0 Å². The molecule has 1 aromatic heterocycles. The number of anilines is 2. The van der Waals surface area contributed by atoms with Crippen LogP contribution in [0.4, 0.5) is 11.6 Å². The van der Waals surface area contributed by atoms with Gasteiger partial charge in [-0.15, -0.1) is 0 Å². The summed E-state index contributed by atoms with van der Waals surface area (Å²) in [4.78, 5) is 10.6. The number of nitrogens with two attached hydrogens (primary N) is 1. The van der Waals surface area contributed by atoms with Crippen LogP contribution in [0, 0.1) is 5.92 Å². The molecule has 0 aliphatic carbocycles. The molecule has 0 saturated carbocycles. The number of aromatic nitrogens is 2. The van der Waals surface area contributed by atoms with E-state index in [0.29, 0.717) is 5.82 Å². The van der Waals surface area contributed by atoms with Crippen LogP contribution < -0.4 is 11.1 Å². The first-order valence-electron chi connectivity index (χ1n) is 6.24. The van der Waals surface area contributed by atoms with Crippen molar-refractivity contribution < 1.29 is 0 Å². The Balaban J connectivity index is 1.67. The third-order valence-electron chi connectivity index (χ3n) is 3.37. The molecule has 0 atom stereocenters. The van der Waals surface area contributed by atoms with Gasteiger partial charge in [-0.1, -0.05) is 0 Å². The monoisotopic (exact) mass is 235 g/mol. The minimum Gasteiger partial charge on any atom is -0.382 e. The van der Waals surface area contributed by atoms with Gasteiger partial charge in [-0.3, -0.25) is 0 Å². The quantitative estimate of drug-likeness (QED) is 0.821. The second kappa shape index (κ2) is 5.82. The van der Waals surface area contributed by atoms with E-state index >= 15 is 0 Å². The van der Waals surface area contributed by atoms with Gasteiger partial charge in [0, 0.05) is 6.54 Å². The Bertz CT molecular complexity index is 329. The number of nitrogens with zero attached hydrogens (tertiary/aromatic N) is 3. The van der Waals surface area contributed by atoms with Crippen molar-refractivity contribution >= 4 is 11.6 Å². The van der Waals surface area contributed by atoms with Gasteiger partial charge < -0.3 is 16.0 Å². The van der Waals surface area contributed by atoms with Crippen molar-refractivity contribution in [1.82, 2.24) is 14.9 Å². The summed E-state index contributed by atoms with van der Waals surface area (Å²) in [5.41, 5.74) is 5.48. The van der Waals surface area contributed by atoms with E-state index in [2.05, 4.69) is 27.2 Å². The van der Waals surface area contributed by atoms with Crippen molar-refractivity contribution in [1.29, 1.82) is 0 Å². The molecular weight excluding hydrogens is 214 g/mol. The van der Waals surface area contributed by atoms with Gasteiger partial charge in [0.1, 0.15) is 11.6 Å². The van der Waals surface area contributed by atoms with Gasteiger partial charge in [-0.2, -0.15) is 0 Å². The molecule has 0 bridgehead atoms. The standard InChI is InChI=1S/C12H21N5/c1-17-6-3-10(4-7-17)2-5-14-12-9-15-11(13)8-16-12/h8-10H,2-7H2,1H3,(H2,13,15)(H,14,16). The summed E-state index contributed by atoms with van der Waals surface area (Å²) in [6.45, 7) is 3.42. The number of likely N-dealkylation sites (tertiary alicyclic amines) is 1. The van der Waals surface area contributed by atoms with Gasteiger partial charge in [0.05, 0.1) is 12.4 Å². The van der Waals surface area contributed by atoms with E-state index in [1.165, 1.54) is 32.4 Å². The molecule has 1 saturated heterocycles. The normalized spacial score (nSPS) is 18.2. The van der Waals surface area contributed by atoms with Gasteiger partial charge in [0.25, 0.3) is 0 Å². The summed E-state index contributed by atoms with van der Waals surface area (Å²) in [5, 5.41) is 3.29. The van der Waals surface area contributed by atoms with Gasteiger partial charge >= 0.3 is 0 Å². The Morgan fingerprint density at radius 2 is 2.12 bits per heavy atom. The molecule has 0 spiro atoms. The van der Waals surface area contributed by atoms with Crippen molar-refractivity contribution in [2.24, 2.45) is 5.92 Å². The second-order valence-electron chi connectivity index (χ2n) is 4.79. The van der Waals surface area contributed by atoms with E-state index in [-0.39, 0.29) is 0 Å². The summed E-state index contributed by atoms with van der Waals surface area (Å²) >= 11 is 0. The molecule has 0 amide bonds. The number of hydrogen-bond acceptors (Lipinski definition) is 5. The number of nitrogens with one attached hydrogen (secondary N) is 1. The molecule has 0 radical (unpaired) electrons. The Kier molecular flexibility index (Phi) is 4.14. The first-order valence-corrected chi connectivity index (χ1v) is 6.24. The summed E-state index contributed by atoms with van der Waals surface area (Å²) in [5.74, 6) is 2.12. The van der Waals surface area contributed by atoms with E-state index in [4.69, 9.17) is 5.73 Å². The molecule has 1 aliphatic heterocycles. The number of rotatable bonds is 4. The molecular formula is C12H21N5. The summed E-state index contributed by atoms with van der Waals surface area (Å²) in [6.07, 6.45) is 7.10. The zero-order valence-corrected chi connectivity index (χ0v) is 10.4. The van der Waals surface area contributed by atoms with Gasteiger partial charge in [-0.25, -0.2) is 9.97 Å². The maximum Gasteiger partial charge on any atom is 0.144 e. The summed E-state index contributed by atoms with van der Waals surface area (Å²) in [7, 11) is 2.19. The fourth-order valence-corrected chi connectivity index (χ4v) is 2.18. The van der Waals surface area contributed by atoms with Crippen LogP contribution in [-0.4, -0.2) is 41.5 Å². The molecule has 1 aromatic rings. The highest BCUT2D eigenvalue weighted by molar-refractivity contribution is 5.35. The third-order valence-corrected chi connectivity index (χ3v) is 3.37. The lowest BCUT2D eigenvalue weighted by molar-refractivity contribution is 0.215. The van der Waals surface area contributed by atoms with Crippen LogP contribution in [0.25, 0.3) is 0 Å². The highest BCUT2D eigenvalue weighted by Gasteiger charge is 2.15. The predicted molar refractivity (Wildman–Crippen MR) is 69.8 cm³/mol. The molecule has 1 fully saturated rings. The minimum absolute atomic E-state index is 0.464. The number of nitrogen functional groups attached to an aromatic ring is 1. The molecule has 2 heterocycles. The van der Waals surface area contributed by atoms with Crippen LogP contribution in [0.2, 0.25) is 0 Å². The average Bonchev–Trinajstić information content (AvgIpc) is 2.34. The van der Waals surface area contributed by atoms with Crippen LogP contribution in [0.5, 0.6) is 0 Å². The van der Waals surface area contributed by atoms with Crippen LogP contribution in [-0.2, 0) is 0 Å². The number of piperidine rings is 1. The Labute approximate surface area is 102 Å². The average molecular weight is 235 g/mol. The highest BCUT2D eigenvalue weighted by atomic mass is 15.1. The van der Waals surface area contributed by atoms with Crippen molar-refractivity contribution in [3.63, 3.8) is 0 Å². The van der Waals surface area contributed by atoms with Crippen LogP contribution in [0.15, 0.2) is 12.4 Å². The second-order valence-corrected chi connectivity index (χ2v) is 4.79. The third kappa shape index (κ3) is 3.85. The Morgan fingerprint density at radius 3 is 2.76 bits per heavy atom. The highest BCUT2D eigenvalue weighted by Crippen LogP contribution is 2.19. The summed E-state index contributed by atoms with van der Waals surface area (Å²) in [6, 6.07) is 0. The zero-order valence-electron chi connectivity index (χ0n) is 10.4. The largest absolute Gasteiger partial charge is 0.382 e. The van der Waals surface area contributed by atoms with Crippen molar-refractivity contribution in [2.75, 3.05) is 37.7 Å². The molecule has 0 aromatic carbocycles. The Morgan fingerprint density at radius 1 is 1.35 bits per heavy atom. The van der Waals surface area contributed by atoms with E-state index < -0.39 is 0 Å². The number of hydrogen-bond donors (Lipinski definition) is 2. The van der Waals surface area contributed by atoms with Crippen molar-refractivity contribution in [2.45, 2.75) is 19.3 Å². The summed E-state index contributed by atoms with van der Waals surface area (Å²) < 4.78 is 0. The Hall–Kier alpha value is -1.36. The van der Waals surface area contributed by atoms with Crippen LogP contribution in [0.3, 0.4) is 0 Å². The molecule has 5 heteroatoms. The molecule has 3 N–H and O–H groups in total. The first-order chi connectivity index (χ1) is 8.24. The van der Waals surface area contributed by atoms with Crippen LogP contribution in [0.1, 0.15) is 19.3 Å². The maximum atomic E-state index is 5.48. The molecule has 17 heavy (non-hydrogen) atoms. The fourth-order valence-electron chi connectivity index (χ4n) is 2.18. The molecule has 0 unspecified atom stereocenters. The lowest BCUT2D eigenvalue weighted by Gasteiger charge is -2.28. The molecule has 1 aliphatic rings. The van der Waals surface area contributed by atoms with Crippen LogP contribution >= 0.6 is 0 Å². The van der Waals surface area contributed by atoms with Crippen molar-refractivity contribution in [3.05, 3.63) is 12.4 Å². The lowest BCUT2D eigenvalue weighted by atomic mass is 9.94. The maximum absolute atomic E-state index is 5.48. The fraction of sp³-hybridized carbons (Fsp3) is 0.667. The smallest absolute Gasteiger partial charge is 0.144 e. The molecule has 2 rings (SSSR count). The van der Waals surface area contributed by atoms with Gasteiger partial charge in [-0.05, 0) is 45.3 Å². The first kappa shape index (κ1) is 12.1. The molecule has 94 valence electrons. The zero-order chi connectivity index (χ0) is 12.1. The van der Waals surface area contributed by atoms with E-state index in [0.717, 1.165) is 18.3 Å².